The summed E-state index contributed by atoms with van der Waals surface area (Å²) in [5.41, 5.74) is 1.68. The molecule has 0 saturated heterocycles. The summed E-state index contributed by atoms with van der Waals surface area (Å²) in [6.07, 6.45) is 4.96. The molecule has 0 fully saturated rings. The standard InChI is InChI=1S/C18H15FN6/c1-24(11-13-5-7-14(19)8-6-13)17-15-10-23-25(18(15)22-12-21-17)16-4-2-3-9-20-16/h2-10,12H,11H2,1H3. The minimum absolute atomic E-state index is 0.243. The van der Waals surface area contributed by atoms with Gasteiger partial charge in [-0.3, -0.25) is 0 Å². The number of halogens is 1. The van der Waals surface area contributed by atoms with E-state index in [9.17, 15) is 4.39 Å². The fourth-order valence-electron chi connectivity index (χ4n) is 2.72. The molecule has 3 heterocycles. The van der Waals surface area contributed by atoms with E-state index in [1.54, 1.807) is 29.2 Å². The first-order valence-electron chi connectivity index (χ1n) is 7.78. The number of aromatic nitrogens is 5. The van der Waals surface area contributed by atoms with Gasteiger partial charge < -0.3 is 4.90 Å². The van der Waals surface area contributed by atoms with E-state index < -0.39 is 0 Å². The molecule has 0 aliphatic rings. The van der Waals surface area contributed by atoms with Crippen LogP contribution in [-0.4, -0.2) is 31.8 Å². The molecule has 7 heteroatoms. The minimum Gasteiger partial charge on any atom is -0.355 e. The molecule has 0 unspecified atom stereocenters. The average molecular weight is 334 g/mol. The maximum atomic E-state index is 13.1. The van der Waals surface area contributed by atoms with Gasteiger partial charge in [-0.2, -0.15) is 9.78 Å². The van der Waals surface area contributed by atoms with Gasteiger partial charge in [0.05, 0.1) is 11.6 Å². The number of rotatable bonds is 4. The fourth-order valence-corrected chi connectivity index (χ4v) is 2.72. The number of fused-ring (bicyclic) bond motifs is 1. The average Bonchev–Trinajstić information content (AvgIpc) is 3.08. The Labute approximate surface area is 143 Å². The van der Waals surface area contributed by atoms with Crippen molar-refractivity contribution in [2.24, 2.45) is 0 Å². The molecular weight excluding hydrogens is 319 g/mol. The van der Waals surface area contributed by atoms with Crippen molar-refractivity contribution in [1.82, 2.24) is 24.7 Å². The molecule has 0 N–H and O–H groups in total. The zero-order chi connectivity index (χ0) is 17.2. The topological polar surface area (TPSA) is 59.7 Å². The Hall–Kier alpha value is -3.35. The maximum absolute atomic E-state index is 13.1. The van der Waals surface area contributed by atoms with Gasteiger partial charge in [-0.15, -0.1) is 0 Å². The predicted molar refractivity (Wildman–Crippen MR) is 93.0 cm³/mol. The first kappa shape index (κ1) is 15.2. The molecule has 1 aromatic carbocycles. The van der Waals surface area contributed by atoms with Crippen LogP contribution in [0.3, 0.4) is 0 Å². The Kier molecular flexibility index (Phi) is 3.81. The third-order valence-electron chi connectivity index (χ3n) is 3.91. The van der Waals surface area contributed by atoms with Gasteiger partial charge in [0.15, 0.2) is 11.5 Å². The third-order valence-corrected chi connectivity index (χ3v) is 3.91. The number of benzene rings is 1. The van der Waals surface area contributed by atoms with Gasteiger partial charge in [0.2, 0.25) is 0 Å². The molecule has 0 radical (unpaired) electrons. The molecule has 3 aromatic heterocycles. The molecule has 4 rings (SSSR count). The summed E-state index contributed by atoms with van der Waals surface area (Å²) < 4.78 is 14.8. The predicted octanol–water partition coefficient (Wildman–Crippen LogP) is 2.99. The van der Waals surface area contributed by atoms with Crippen molar-refractivity contribution in [1.29, 1.82) is 0 Å². The van der Waals surface area contributed by atoms with E-state index in [0.29, 0.717) is 18.0 Å². The van der Waals surface area contributed by atoms with E-state index in [-0.39, 0.29) is 5.82 Å². The maximum Gasteiger partial charge on any atom is 0.170 e. The molecule has 0 aliphatic heterocycles. The summed E-state index contributed by atoms with van der Waals surface area (Å²) in [7, 11) is 1.93. The Morgan fingerprint density at radius 3 is 2.64 bits per heavy atom. The highest BCUT2D eigenvalue weighted by Crippen LogP contribution is 2.24. The number of pyridine rings is 1. The molecule has 0 aliphatic carbocycles. The summed E-state index contributed by atoms with van der Waals surface area (Å²) in [4.78, 5) is 15.0. The van der Waals surface area contributed by atoms with Gasteiger partial charge in [-0.25, -0.2) is 19.3 Å². The molecular formula is C18H15FN6. The van der Waals surface area contributed by atoms with Crippen molar-refractivity contribution in [3.8, 4) is 5.82 Å². The molecule has 4 aromatic rings. The first-order chi connectivity index (χ1) is 12.2. The zero-order valence-electron chi connectivity index (χ0n) is 13.5. The lowest BCUT2D eigenvalue weighted by molar-refractivity contribution is 0.627. The van der Waals surface area contributed by atoms with E-state index in [1.807, 2.05) is 30.1 Å². The van der Waals surface area contributed by atoms with E-state index in [0.717, 1.165) is 16.8 Å². The lowest BCUT2D eigenvalue weighted by Crippen LogP contribution is -2.18. The molecule has 0 saturated carbocycles. The van der Waals surface area contributed by atoms with Gasteiger partial charge in [-0.05, 0) is 29.8 Å². The number of anilines is 1. The van der Waals surface area contributed by atoms with Gasteiger partial charge in [0.25, 0.3) is 0 Å². The van der Waals surface area contributed by atoms with Crippen LogP contribution in [0.1, 0.15) is 5.56 Å². The molecule has 124 valence electrons. The molecule has 6 nitrogen and oxygen atoms in total. The van der Waals surface area contributed by atoms with Crippen molar-refractivity contribution >= 4 is 16.9 Å². The summed E-state index contributed by atoms with van der Waals surface area (Å²) in [6.45, 7) is 0.598. The van der Waals surface area contributed by atoms with Gasteiger partial charge in [-0.1, -0.05) is 18.2 Å². The van der Waals surface area contributed by atoms with Crippen molar-refractivity contribution < 1.29 is 4.39 Å². The van der Waals surface area contributed by atoms with Gasteiger partial charge in [0, 0.05) is 19.8 Å². The van der Waals surface area contributed by atoms with Crippen molar-refractivity contribution in [3.05, 3.63) is 72.6 Å². The van der Waals surface area contributed by atoms with Crippen LogP contribution in [0.2, 0.25) is 0 Å². The van der Waals surface area contributed by atoms with E-state index in [1.165, 1.54) is 18.5 Å². The summed E-state index contributed by atoms with van der Waals surface area (Å²) in [6, 6.07) is 12.1. The van der Waals surface area contributed by atoms with Crippen molar-refractivity contribution in [2.45, 2.75) is 6.54 Å². The van der Waals surface area contributed by atoms with Crippen LogP contribution in [0.4, 0.5) is 10.2 Å². The third kappa shape index (κ3) is 2.91. The SMILES string of the molecule is CN(Cc1ccc(F)cc1)c1ncnc2c1cnn2-c1ccccn1. The second-order valence-corrected chi connectivity index (χ2v) is 5.66. The monoisotopic (exact) mass is 334 g/mol. The van der Waals surface area contributed by atoms with Crippen LogP contribution in [0, 0.1) is 5.82 Å². The summed E-state index contributed by atoms with van der Waals surface area (Å²) in [5.74, 6) is 1.22. The highest BCUT2D eigenvalue weighted by atomic mass is 19.1. The number of hydrogen-bond donors (Lipinski definition) is 0. The lowest BCUT2D eigenvalue weighted by atomic mass is 10.2. The van der Waals surface area contributed by atoms with Crippen molar-refractivity contribution in [3.63, 3.8) is 0 Å². The highest BCUT2D eigenvalue weighted by Gasteiger charge is 2.14. The Balaban J connectivity index is 1.70. The van der Waals surface area contributed by atoms with Gasteiger partial charge >= 0.3 is 0 Å². The van der Waals surface area contributed by atoms with Gasteiger partial charge in [0.1, 0.15) is 18.0 Å². The van der Waals surface area contributed by atoms with Crippen LogP contribution in [0.5, 0.6) is 0 Å². The Morgan fingerprint density at radius 2 is 1.88 bits per heavy atom. The summed E-state index contributed by atoms with van der Waals surface area (Å²) in [5, 5.41) is 5.23. The number of hydrogen-bond acceptors (Lipinski definition) is 5. The second-order valence-electron chi connectivity index (χ2n) is 5.66. The fraction of sp³-hybridized carbons (Fsp3) is 0.111. The smallest absolute Gasteiger partial charge is 0.170 e. The molecule has 0 atom stereocenters. The normalized spacial score (nSPS) is 11.0. The number of nitrogens with zero attached hydrogens (tertiary/aromatic N) is 6. The van der Waals surface area contributed by atoms with Crippen LogP contribution in [0.25, 0.3) is 16.9 Å². The van der Waals surface area contributed by atoms with Crippen LogP contribution in [-0.2, 0) is 6.54 Å². The first-order valence-corrected chi connectivity index (χ1v) is 7.78. The van der Waals surface area contributed by atoms with Crippen LogP contribution in [0.15, 0.2) is 61.2 Å². The van der Waals surface area contributed by atoms with E-state index in [4.69, 9.17) is 0 Å². The largest absolute Gasteiger partial charge is 0.355 e. The Bertz CT molecular complexity index is 997. The summed E-state index contributed by atoms with van der Waals surface area (Å²) >= 11 is 0. The molecule has 0 bridgehead atoms. The van der Waals surface area contributed by atoms with Crippen LogP contribution >= 0.6 is 0 Å². The molecule has 25 heavy (non-hydrogen) atoms. The Morgan fingerprint density at radius 1 is 1.04 bits per heavy atom. The van der Waals surface area contributed by atoms with E-state index in [2.05, 4.69) is 20.1 Å². The van der Waals surface area contributed by atoms with Crippen LogP contribution < -0.4 is 4.90 Å². The second kappa shape index (κ2) is 6.27. The lowest BCUT2D eigenvalue weighted by Gasteiger charge is -2.18. The van der Waals surface area contributed by atoms with Crippen molar-refractivity contribution in [2.75, 3.05) is 11.9 Å². The zero-order valence-corrected chi connectivity index (χ0v) is 13.5. The molecule has 0 amide bonds. The van der Waals surface area contributed by atoms with E-state index >= 15 is 0 Å². The highest BCUT2D eigenvalue weighted by molar-refractivity contribution is 5.87. The quantitative estimate of drug-likeness (QED) is 0.574. The molecule has 0 spiro atoms. The minimum atomic E-state index is -0.243.